The van der Waals surface area contributed by atoms with Crippen LogP contribution < -0.4 is 0 Å². The first-order valence-electron chi connectivity index (χ1n) is 5.55. The van der Waals surface area contributed by atoms with Gasteiger partial charge in [-0.1, -0.05) is 34.1 Å². The molecule has 0 atom stereocenters. The summed E-state index contributed by atoms with van der Waals surface area (Å²) >= 11 is 0. The first-order valence-corrected chi connectivity index (χ1v) is 5.55. The monoisotopic (exact) mass is 191 g/mol. The Bertz CT molecular complexity index is 289. The molecular formula is C13H21N. The number of aromatic nitrogens is 1. The van der Waals surface area contributed by atoms with Crippen LogP contribution in [0.3, 0.4) is 0 Å². The zero-order valence-corrected chi connectivity index (χ0v) is 9.80. The predicted molar refractivity (Wildman–Crippen MR) is 61.5 cm³/mol. The fourth-order valence-electron chi connectivity index (χ4n) is 1.82. The van der Waals surface area contributed by atoms with E-state index in [-0.39, 0.29) is 5.41 Å². The third-order valence-electron chi connectivity index (χ3n) is 2.80. The van der Waals surface area contributed by atoms with Gasteiger partial charge in [-0.25, -0.2) is 0 Å². The minimum absolute atomic E-state index is 0.222. The summed E-state index contributed by atoms with van der Waals surface area (Å²) in [4.78, 5) is 4.48. The highest BCUT2D eigenvalue weighted by molar-refractivity contribution is 5.21. The van der Waals surface area contributed by atoms with E-state index in [2.05, 4.69) is 44.8 Å². The van der Waals surface area contributed by atoms with Crippen molar-refractivity contribution in [3.05, 3.63) is 29.6 Å². The molecule has 0 N–H and O–H groups in total. The van der Waals surface area contributed by atoms with Gasteiger partial charge in [0, 0.05) is 17.3 Å². The maximum absolute atomic E-state index is 4.48. The number of rotatable bonds is 4. The Hall–Kier alpha value is -0.850. The molecule has 0 radical (unpaired) electrons. The molecule has 0 amide bonds. The van der Waals surface area contributed by atoms with Crippen molar-refractivity contribution in [2.24, 2.45) is 0 Å². The fraction of sp³-hybridized carbons (Fsp3) is 0.615. The van der Waals surface area contributed by atoms with Crippen molar-refractivity contribution in [1.82, 2.24) is 4.98 Å². The van der Waals surface area contributed by atoms with E-state index in [4.69, 9.17) is 0 Å². The Morgan fingerprint density at radius 3 is 2.57 bits per heavy atom. The van der Waals surface area contributed by atoms with Gasteiger partial charge in [0.05, 0.1) is 0 Å². The summed E-state index contributed by atoms with van der Waals surface area (Å²) < 4.78 is 0. The van der Waals surface area contributed by atoms with Gasteiger partial charge in [-0.2, -0.15) is 0 Å². The van der Waals surface area contributed by atoms with Crippen molar-refractivity contribution in [1.29, 1.82) is 0 Å². The highest BCUT2D eigenvalue weighted by Gasteiger charge is 2.20. The second kappa shape index (κ2) is 4.59. The van der Waals surface area contributed by atoms with Crippen LogP contribution in [0.2, 0.25) is 0 Å². The van der Waals surface area contributed by atoms with Crippen LogP contribution in [0, 0.1) is 0 Å². The minimum Gasteiger partial charge on any atom is -0.261 e. The maximum atomic E-state index is 4.48. The van der Waals surface area contributed by atoms with E-state index in [0.717, 1.165) is 6.42 Å². The van der Waals surface area contributed by atoms with Crippen molar-refractivity contribution in [3.8, 4) is 0 Å². The molecule has 14 heavy (non-hydrogen) atoms. The summed E-state index contributed by atoms with van der Waals surface area (Å²) in [5.41, 5.74) is 2.85. The lowest BCUT2D eigenvalue weighted by Crippen LogP contribution is -2.18. The topological polar surface area (TPSA) is 12.9 Å². The van der Waals surface area contributed by atoms with E-state index in [9.17, 15) is 0 Å². The number of aryl methyl sites for hydroxylation is 1. The summed E-state index contributed by atoms with van der Waals surface area (Å²) in [6.07, 6.45) is 5.45. The molecule has 0 fully saturated rings. The summed E-state index contributed by atoms with van der Waals surface area (Å²) in [5, 5.41) is 0. The molecule has 0 aromatic carbocycles. The molecule has 1 rings (SSSR count). The lowest BCUT2D eigenvalue weighted by molar-refractivity contribution is 0.459. The summed E-state index contributed by atoms with van der Waals surface area (Å²) in [7, 11) is 0. The Balaban J connectivity index is 2.93. The van der Waals surface area contributed by atoms with E-state index >= 15 is 0 Å². The normalized spacial score (nSPS) is 11.7. The number of pyridine rings is 1. The second-order valence-electron chi connectivity index (χ2n) is 4.54. The molecule has 0 saturated heterocycles. The molecule has 78 valence electrons. The maximum Gasteiger partial charge on any atom is 0.0462 e. The van der Waals surface area contributed by atoms with E-state index in [1.165, 1.54) is 24.1 Å². The van der Waals surface area contributed by atoms with E-state index in [0.29, 0.717) is 0 Å². The van der Waals surface area contributed by atoms with Crippen LogP contribution in [0.4, 0.5) is 0 Å². The number of nitrogens with zero attached hydrogens (tertiary/aromatic N) is 1. The van der Waals surface area contributed by atoms with E-state index < -0.39 is 0 Å². The molecule has 0 aliphatic carbocycles. The first-order chi connectivity index (χ1) is 6.60. The molecule has 0 spiro atoms. The van der Waals surface area contributed by atoms with Gasteiger partial charge in [-0.05, 0) is 30.5 Å². The van der Waals surface area contributed by atoms with Gasteiger partial charge >= 0.3 is 0 Å². The molecule has 0 unspecified atom stereocenters. The van der Waals surface area contributed by atoms with Gasteiger partial charge in [0.1, 0.15) is 0 Å². The van der Waals surface area contributed by atoms with Crippen molar-refractivity contribution < 1.29 is 0 Å². The average Bonchev–Trinajstić information content (AvgIpc) is 2.18. The molecule has 1 nitrogen and oxygen atoms in total. The molecule has 1 heterocycles. The van der Waals surface area contributed by atoms with Crippen LogP contribution in [0.15, 0.2) is 18.3 Å². The van der Waals surface area contributed by atoms with Gasteiger partial charge < -0.3 is 0 Å². The number of hydrogen-bond acceptors (Lipinski definition) is 1. The van der Waals surface area contributed by atoms with E-state index in [1.54, 1.807) is 0 Å². The largest absolute Gasteiger partial charge is 0.261 e. The van der Waals surface area contributed by atoms with E-state index in [1.807, 2.05) is 6.20 Å². The second-order valence-corrected chi connectivity index (χ2v) is 4.54. The SMILES string of the molecule is CCCC(C)(C)c1cc(CC)ccn1. The lowest BCUT2D eigenvalue weighted by atomic mass is 9.83. The first kappa shape index (κ1) is 11.2. The van der Waals surface area contributed by atoms with Gasteiger partial charge in [-0.15, -0.1) is 0 Å². The Labute approximate surface area is 87.6 Å². The molecule has 0 aliphatic heterocycles. The summed E-state index contributed by atoms with van der Waals surface area (Å²) in [6.45, 7) is 8.97. The smallest absolute Gasteiger partial charge is 0.0462 e. The van der Waals surface area contributed by atoms with Crippen molar-refractivity contribution in [3.63, 3.8) is 0 Å². The number of hydrogen-bond donors (Lipinski definition) is 0. The quantitative estimate of drug-likeness (QED) is 0.706. The van der Waals surface area contributed by atoms with Gasteiger partial charge in [-0.3, -0.25) is 4.98 Å². The highest BCUT2D eigenvalue weighted by atomic mass is 14.7. The zero-order valence-electron chi connectivity index (χ0n) is 9.80. The third-order valence-corrected chi connectivity index (χ3v) is 2.80. The highest BCUT2D eigenvalue weighted by Crippen LogP contribution is 2.26. The molecule has 1 heteroatoms. The minimum atomic E-state index is 0.222. The molecule has 0 saturated carbocycles. The van der Waals surface area contributed by atoms with Gasteiger partial charge in [0.25, 0.3) is 0 Å². The molecule has 1 aromatic rings. The predicted octanol–water partition coefficient (Wildman–Crippen LogP) is 3.72. The average molecular weight is 191 g/mol. The Morgan fingerprint density at radius 1 is 1.29 bits per heavy atom. The van der Waals surface area contributed by atoms with Gasteiger partial charge in [0.15, 0.2) is 0 Å². The molecule has 0 bridgehead atoms. The van der Waals surface area contributed by atoms with Crippen molar-refractivity contribution in [2.75, 3.05) is 0 Å². The molecule has 0 aliphatic rings. The van der Waals surface area contributed by atoms with Crippen LogP contribution in [-0.2, 0) is 11.8 Å². The molecule has 1 aromatic heterocycles. The van der Waals surface area contributed by atoms with Crippen LogP contribution in [0.25, 0.3) is 0 Å². The van der Waals surface area contributed by atoms with Crippen molar-refractivity contribution in [2.45, 2.75) is 52.4 Å². The van der Waals surface area contributed by atoms with Crippen LogP contribution in [-0.4, -0.2) is 4.98 Å². The lowest BCUT2D eigenvalue weighted by Gasteiger charge is -2.23. The summed E-state index contributed by atoms with van der Waals surface area (Å²) in [5.74, 6) is 0. The standard InChI is InChI=1S/C13H21N/c1-5-8-13(3,4)12-10-11(6-2)7-9-14-12/h7,9-10H,5-6,8H2,1-4H3. The fourth-order valence-corrected chi connectivity index (χ4v) is 1.82. The third kappa shape index (κ3) is 2.57. The van der Waals surface area contributed by atoms with Crippen LogP contribution in [0.5, 0.6) is 0 Å². The van der Waals surface area contributed by atoms with Crippen LogP contribution >= 0.6 is 0 Å². The Morgan fingerprint density at radius 2 is 2.00 bits per heavy atom. The van der Waals surface area contributed by atoms with Gasteiger partial charge in [0.2, 0.25) is 0 Å². The zero-order chi connectivity index (χ0) is 10.6. The summed E-state index contributed by atoms with van der Waals surface area (Å²) in [6, 6.07) is 4.35. The van der Waals surface area contributed by atoms with Crippen LogP contribution in [0.1, 0.15) is 51.8 Å². The Kier molecular flexibility index (Phi) is 3.68. The molecular weight excluding hydrogens is 170 g/mol. The van der Waals surface area contributed by atoms with Crippen molar-refractivity contribution >= 4 is 0 Å².